The molecule has 2 aromatic rings. The number of nitrogens with one attached hydrogen (secondary N) is 2. The second-order valence-electron chi connectivity index (χ2n) is 8.21. The van der Waals surface area contributed by atoms with Gasteiger partial charge in [-0.25, -0.2) is 0 Å². The van der Waals surface area contributed by atoms with Crippen molar-refractivity contribution < 1.29 is 14.4 Å². The minimum atomic E-state index is -0.673. The van der Waals surface area contributed by atoms with E-state index in [4.69, 9.17) is 0 Å². The van der Waals surface area contributed by atoms with Crippen LogP contribution in [0.4, 0.5) is 5.69 Å². The fourth-order valence-electron chi connectivity index (χ4n) is 3.82. The number of benzene rings is 2. The molecule has 0 saturated carbocycles. The maximum atomic E-state index is 12.8. The molecule has 2 aromatic carbocycles. The van der Waals surface area contributed by atoms with Crippen molar-refractivity contribution in [2.45, 2.75) is 52.1 Å². The minimum Gasteiger partial charge on any atom is -0.350 e. The maximum Gasteiger partial charge on any atom is 0.242 e. The first-order chi connectivity index (χ1) is 14.9. The van der Waals surface area contributed by atoms with E-state index in [1.807, 2.05) is 54.6 Å². The van der Waals surface area contributed by atoms with Gasteiger partial charge in [-0.15, -0.1) is 0 Å². The van der Waals surface area contributed by atoms with Crippen molar-refractivity contribution in [1.29, 1.82) is 0 Å². The van der Waals surface area contributed by atoms with Crippen molar-refractivity contribution in [1.82, 2.24) is 10.6 Å². The second-order valence-corrected chi connectivity index (χ2v) is 8.21. The van der Waals surface area contributed by atoms with Gasteiger partial charge in [-0.05, 0) is 36.5 Å². The second kappa shape index (κ2) is 10.2. The van der Waals surface area contributed by atoms with Crippen LogP contribution in [0.15, 0.2) is 54.6 Å². The van der Waals surface area contributed by atoms with Crippen molar-refractivity contribution in [3.05, 3.63) is 65.7 Å². The minimum absolute atomic E-state index is 0.0583. The molecule has 1 fully saturated rings. The van der Waals surface area contributed by atoms with Crippen LogP contribution in [0, 0.1) is 5.92 Å². The molecular formula is C25H31N3O3. The lowest BCUT2D eigenvalue weighted by molar-refractivity contribution is -0.131. The lowest BCUT2D eigenvalue weighted by atomic mass is 9.96. The molecule has 3 unspecified atom stereocenters. The van der Waals surface area contributed by atoms with E-state index in [0.29, 0.717) is 19.0 Å². The molecule has 0 radical (unpaired) electrons. The Balaban J connectivity index is 1.58. The summed E-state index contributed by atoms with van der Waals surface area (Å²) in [7, 11) is 0. The zero-order valence-electron chi connectivity index (χ0n) is 18.4. The van der Waals surface area contributed by atoms with Gasteiger partial charge in [0.1, 0.15) is 6.04 Å². The number of para-hydroxylation sites is 1. The Kier molecular flexibility index (Phi) is 7.45. The average Bonchev–Trinajstić information content (AvgIpc) is 3.19. The van der Waals surface area contributed by atoms with E-state index < -0.39 is 12.0 Å². The monoisotopic (exact) mass is 421 g/mol. The third-order valence-corrected chi connectivity index (χ3v) is 5.93. The summed E-state index contributed by atoms with van der Waals surface area (Å²) >= 11 is 0. The number of hydrogen-bond donors (Lipinski definition) is 2. The van der Waals surface area contributed by atoms with Gasteiger partial charge in [0.05, 0.1) is 5.92 Å². The summed E-state index contributed by atoms with van der Waals surface area (Å²) in [6.45, 7) is 6.65. The number of carbonyl (C=O) groups is 3. The highest BCUT2D eigenvalue weighted by Crippen LogP contribution is 2.33. The zero-order valence-corrected chi connectivity index (χ0v) is 18.4. The van der Waals surface area contributed by atoms with Crippen molar-refractivity contribution >= 4 is 23.4 Å². The molecule has 1 aliphatic heterocycles. The van der Waals surface area contributed by atoms with Crippen LogP contribution in [0.5, 0.6) is 0 Å². The Morgan fingerprint density at radius 2 is 1.74 bits per heavy atom. The van der Waals surface area contributed by atoms with E-state index in [1.165, 1.54) is 0 Å². The van der Waals surface area contributed by atoms with E-state index in [1.54, 1.807) is 11.8 Å². The molecule has 3 rings (SSSR count). The Labute approximate surface area is 184 Å². The van der Waals surface area contributed by atoms with Gasteiger partial charge in [-0.3, -0.25) is 14.4 Å². The van der Waals surface area contributed by atoms with Crippen molar-refractivity contribution in [2.75, 3.05) is 11.4 Å². The largest absolute Gasteiger partial charge is 0.350 e. The van der Waals surface area contributed by atoms with Crippen LogP contribution in [-0.2, 0) is 20.9 Å². The van der Waals surface area contributed by atoms with Crippen LogP contribution < -0.4 is 15.5 Å². The number of hydrogen-bond acceptors (Lipinski definition) is 3. The van der Waals surface area contributed by atoms with Crippen LogP contribution in [-0.4, -0.2) is 30.3 Å². The first-order valence-corrected chi connectivity index (χ1v) is 10.9. The molecule has 0 aliphatic carbocycles. The third-order valence-electron chi connectivity index (χ3n) is 5.93. The predicted molar refractivity (Wildman–Crippen MR) is 122 cm³/mol. The summed E-state index contributed by atoms with van der Waals surface area (Å²) < 4.78 is 0. The van der Waals surface area contributed by atoms with Gasteiger partial charge in [-0.2, -0.15) is 0 Å². The normalized spacial score (nSPS) is 17.8. The topological polar surface area (TPSA) is 78.5 Å². The lowest BCUT2D eigenvalue weighted by Gasteiger charge is -2.23. The lowest BCUT2D eigenvalue weighted by Crippen LogP contribution is -2.47. The van der Waals surface area contributed by atoms with E-state index in [9.17, 15) is 14.4 Å². The van der Waals surface area contributed by atoms with Gasteiger partial charge < -0.3 is 15.5 Å². The molecule has 2 N–H and O–H groups in total. The number of rotatable bonds is 8. The van der Waals surface area contributed by atoms with Crippen LogP contribution >= 0.6 is 0 Å². The highest BCUT2D eigenvalue weighted by molar-refractivity contribution is 6.01. The van der Waals surface area contributed by atoms with Crippen molar-refractivity contribution in [2.24, 2.45) is 5.92 Å². The van der Waals surface area contributed by atoms with Gasteiger partial charge in [-0.1, -0.05) is 62.4 Å². The molecule has 3 amide bonds. The Bertz CT molecular complexity index is 929. The van der Waals surface area contributed by atoms with Gasteiger partial charge in [0.15, 0.2) is 0 Å². The molecular weight excluding hydrogens is 390 g/mol. The standard InChI is InChI=1S/C25H31N3O3/c1-4-17(2)21-12-8-9-13-22(21)28-16-20(14-23(28)29)25(31)27-18(3)24(30)26-15-19-10-6-5-7-11-19/h5-13,17-18,20H,4,14-16H2,1-3H3,(H,26,30)(H,27,31). The molecule has 0 bridgehead atoms. The summed E-state index contributed by atoms with van der Waals surface area (Å²) in [6, 6.07) is 16.8. The summed E-state index contributed by atoms with van der Waals surface area (Å²) in [5, 5.41) is 5.60. The highest BCUT2D eigenvalue weighted by Gasteiger charge is 2.37. The van der Waals surface area contributed by atoms with Crippen molar-refractivity contribution in [3.8, 4) is 0 Å². The molecule has 1 aliphatic rings. The number of anilines is 1. The van der Waals surface area contributed by atoms with Gasteiger partial charge in [0.25, 0.3) is 0 Å². The van der Waals surface area contributed by atoms with E-state index in [-0.39, 0.29) is 24.1 Å². The van der Waals surface area contributed by atoms with Crippen molar-refractivity contribution in [3.63, 3.8) is 0 Å². The molecule has 1 heterocycles. The quantitative estimate of drug-likeness (QED) is 0.686. The van der Waals surface area contributed by atoms with Crippen LogP contribution in [0.1, 0.15) is 50.7 Å². The van der Waals surface area contributed by atoms with E-state index in [0.717, 1.165) is 23.2 Å². The van der Waals surface area contributed by atoms with E-state index >= 15 is 0 Å². The fourth-order valence-corrected chi connectivity index (χ4v) is 3.82. The number of amides is 3. The third kappa shape index (κ3) is 5.51. The molecule has 164 valence electrons. The molecule has 0 spiro atoms. The Morgan fingerprint density at radius 3 is 2.45 bits per heavy atom. The van der Waals surface area contributed by atoms with Gasteiger partial charge in [0, 0.05) is 25.2 Å². The Morgan fingerprint density at radius 1 is 1.06 bits per heavy atom. The van der Waals surface area contributed by atoms with Crippen LogP contribution in [0.2, 0.25) is 0 Å². The number of carbonyl (C=O) groups excluding carboxylic acids is 3. The highest BCUT2D eigenvalue weighted by atomic mass is 16.2. The van der Waals surface area contributed by atoms with Gasteiger partial charge >= 0.3 is 0 Å². The Hall–Kier alpha value is -3.15. The molecule has 1 saturated heterocycles. The molecule has 0 aromatic heterocycles. The molecule has 3 atom stereocenters. The van der Waals surface area contributed by atoms with Crippen LogP contribution in [0.25, 0.3) is 0 Å². The first-order valence-electron chi connectivity index (χ1n) is 10.9. The van der Waals surface area contributed by atoms with E-state index in [2.05, 4.69) is 24.5 Å². The summed E-state index contributed by atoms with van der Waals surface area (Å²) in [4.78, 5) is 39.5. The first kappa shape index (κ1) is 22.5. The zero-order chi connectivity index (χ0) is 22.4. The van der Waals surface area contributed by atoms with Gasteiger partial charge in [0.2, 0.25) is 17.7 Å². The molecule has 31 heavy (non-hydrogen) atoms. The number of nitrogens with zero attached hydrogens (tertiary/aromatic N) is 1. The predicted octanol–water partition coefficient (Wildman–Crippen LogP) is 3.37. The SMILES string of the molecule is CCC(C)c1ccccc1N1CC(C(=O)NC(C)C(=O)NCc2ccccc2)CC1=O. The maximum absolute atomic E-state index is 12.8. The molecule has 6 heteroatoms. The summed E-state index contributed by atoms with van der Waals surface area (Å²) in [5.74, 6) is -0.719. The smallest absolute Gasteiger partial charge is 0.242 e. The summed E-state index contributed by atoms with van der Waals surface area (Å²) in [5.41, 5.74) is 2.99. The molecule has 6 nitrogen and oxygen atoms in total. The summed E-state index contributed by atoms with van der Waals surface area (Å²) in [6.07, 6.45) is 1.12. The van der Waals surface area contributed by atoms with Crippen LogP contribution in [0.3, 0.4) is 0 Å². The fraction of sp³-hybridized carbons (Fsp3) is 0.400. The average molecular weight is 422 g/mol.